The van der Waals surface area contributed by atoms with Crippen molar-refractivity contribution in [2.45, 2.75) is 13.0 Å². The van der Waals surface area contributed by atoms with Gasteiger partial charge >= 0.3 is 0 Å². The molecule has 0 saturated carbocycles. The third-order valence-corrected chi connectivity index (χ3v) is 5.11. The molecule has 1 aromatic heterocycles. The molecule has 6 nitrogen and oxygen atoms in total. The number of aromatic nitrogens is 1. The zero-order chi connectivity index (χ0) is 23.5. The van der Waals surface area contributed by atoms with Crippen LogP contribution in [0.5, 0.6) is 0 Å². The van der Waals surface area contributed by atoms with E-state index >= 15 is 0 Å². The van der Waals surface area contributed by atoms with Crippen LogP contribution in [-0.2, 0) is 17.8 Å². The van der Waals surface area contributed by atoms with Crippen LogP contribution >= 0.6 is 0 Å². The first-order chi connectivity index (χ1) is 15.8. The number of carbonyl (C=O) groups excluding carboxylic acids is 2. The Morgan fingerprint density at radius 3 is 2.61 bits per heavy atom. The molecule has 33 heavy (non-hydrogen) atoms. The summed E-state index contributed by atoms with van der Waals surface area (Å²) >= 11 is 0. The standard InChI is InChI=1S/C24H18F3N3O3/c25-18-9-15(10-19(26)22(18)27)13-30-8-2-4-17(24(30)33)23(32)28-7-1-3-14-5-6-16-12-21(31)29-20(16)11-14/h1-6,8-11H,7,12-13H2,(H,28,32)(H,29,31)/b3-1+. The number of carbonyl (C=O) groups is 2. The fraction of sp³-hybridized carbons (Fsp3) is 0.125. The molecule has 2 aromatic carbocycles. The monoisotopic (exact) mass is 453 g/mol. The smallest absolute Gasteiger partial charge is 0.263 e. The van der Waals surface area contributed by atoms with Crippen LogP contribution in [-0.4, -0.2) is 22.9 Å². The molecule has 1 aliphatic rings. The Kier molecular flexibility index (Phi) is 6.12. The number of halogens is 3. The number of amides is 2. The first-order valence-corrected chi connectivity index (χ1v) is 10.0. The van der Waals surface area contributed by atoms with E-state index in [1.54, 1.807) is 12.2 Å². The Labute approximate surface area is 186 Å². The van der Waals surface area contributed by atoms with Gasteiger partial charge in [-0.2, -0.15) is 0 Å². The second-order valence-corrected chi connectivity index (χ2v) is 7.48. The van der Waals surface area contributed by atoms with E-state index in [2.05, 4.69) is 10.6 Å². The summed E-state index contributed by atoms with van der Waals surface area (Å²) in [6, 6.07) is 9.94. The van der Waals surface area contributed by atoms with Gasteiger partial charge in [0, 0.05) is 18.4 Å². The molecule has 0 spiro atoms. The van der Waals surface area contributed by atoms with Gasteiger partial charge in [-0.1, -0.05) is 24.3 Å². The Bertz CT molecular complexity index is 1330. The van der Waals surface area contributed by atoms with Crippen LogP contribution in [0.3, 0.4) is 0 Å². The fourth-order valence-electron chi connectivity index (χ4n) is 3.51. The van der Waals surface area contributed by atoms with Crippen LogP contribution in [0.1, 0.15) is 27.0 Å². The number of hydrogen-bond donors (Lipinski definition) is 2. The van der Waals surface area contributed by atoms with Crippen molar-refractivity contribution in [3.8, 4) is 0 Å². The molecule has 0 atom stereocenters. The summed E-state index contributed by atoms with van der Waals surface area (Å²) in [4.78, 5) is 36.5. The van der Waals surface area contributed by atoms with E-state index in [1.807, 2.05) is 18.2 Å². The highest BCUT2D eigenvalue weighted by Gasteiger charge is 2.17. The largest absolute Gasteiger partial charge is 0.348 e. The van der Waals surface area contributed by atoms with Gasteiger partial charge < -0.3 is 15.2 Å². The van der Waals surface area contributed by atoms with Crippen molar-refractivity contribution in [2.24, 2.45) is 0 Å². The van der Waals surface area contributed by atoms with Gasteiger partial charge in [-0.15, -0.1) is 0 Å². The molecule has 168 valence electrons. The van der Waals surface area contributed by atoms with E-state index in [1.165, 1.54) is 18.3 Å². The summed E-state index contributed by atoms with van der Waals surface area (Å²) in [7, 11) is 0. The first kappa shape index (κ1) is 22.1. The third-order valence-electron chi connectivity index (χ3n) is 5.11. The zero-order valence-electron chi connectivity index (χ0n) is 17.2. The van der Waals surface area contributed by atoms with Crippen molar-refractivity contribution in [3.63, 3.8) is 0 Å². The van der Waals surface area contributed by atoms with Crippen molar-refractivity contribution < 1.29 is 22.8 Å². The highest BCUT2D eigenvalue weighted by molar-refractivity contribution is 5.99. The van der Waals surface area contributed by atoms with Gasteiger partial charge in [-0.25, -0.2) is 13.2 Å². The van der Waals surface area contributed by atoms with E-state index in [9.17, 15) is 27.6 Å². The quantitative estimate of drug-likeness (QED) is 0.563. The van der Waals surface area contributed by atoms with Gasteiger partial charge in [0.05, 0.1) is 13.0 Å². The van der Waals surface area contributed by atoms with Crippen molar-refractivity contribution in [1.82, 2.24) is 9.88 Å². The van der Waals surface area contributed by atoms with Crippen molar-refractivity contribution >= 4 is 23.6 Å². The summed E-state index contributed by atoms with van der Waals surface area (Å²) in [5.74, 6) is -4.97. The Morgan fingerprint density at radius 1 is 1.09 bits per heavy atom. The number of benzene rings is 2. The van der Waals surface area contributed by atoms with E-state index in [-0.39, 0.29) is 30.1 Å². The number of fused-ring (bicyclic) bond motifs is 1. The lowest BCUT2D eigenvalue weighted by Gasteiger charge is -2.09. The molecule has 1 aliphatic heterocycles. The Hall–Kier alpha value is -4.14. The number of pyridine rings is 1. The molecule has 0 fully saturated rings. The van der Waals surface area contributed by atoms with Gasteiger partial charge in [0.1, 0.15) is 5.56 Å². The van der Waals surface area contributed by atoms with E-state index < -0.39 is 28.9 Å². The minimum Gasteiger partial charge on any atom is -0.348 e. The van der Waals surface area contributed by atoms with Crippen molar-refractivity contribution in [1.29, 1.82) is 0 Å². The molecule has 4 rings (SSSR count). The molecular formula is C24H18F3N3O3. The lowest BCUT2D eigenvalue weighted by molar-refractivity contribution is -0.115. The minimum absolute atomic E-state index is 0.0412. The summed E-state index contributed by atoms with van der Waals surface area (Å²) in [6.07, 6.45) is 5.19. The van der Waals surface area contributed by atoms with Gasteiger partial charge in [-0.05, 0) is 47.0 Å². The average Bonchev–Trinajstić information content (AvgIpc) is 3.15. The fourth-order valence-corrected chi connectivity index (χ4v) is 3.51. The zero-order valence-corrected chi connectivity index (χ0v) is 17.2. The van der Waals surface area contributed by atoms with Gasteiger partial charge in [0.2, 0.25) is 5.91 Å². The normalized spacial score (nSPS) is 12.6. The molecule has 0 radical (unpaired) electrons. The number of hydrogen-bond acceptors (Lipinski definition) is 3. The third kappa shape index (κ3) is 4.87. The van der Waals surface area contributed by atoms with Gasteiger partial charge in [-0.3, -0.25) is 14.4 Å². The second kappa shape index (κ2) is 9.15. The predicted octanol–water partition coefficient (Wildman–Crippen LogP) is 3.25. The number of nitrogens with one attached hydrogen (secondary N) is 2. The highest BCUT2D eigenvalue weighted by Crippen LogP contribution is 2.24. The van der Waals surface area contributed by atoms with E-state index in [0.29, 0.717) is 6.42 Å². The maximum Gasteiger partial charge on any atom is 0.263 e. The summed E-state index contributed by atoms with van der Waals surface area (Å²) in [6.45, 7) is -0.0894. The van der Waals surface area contributed by atoms with Crippen LogP contribution in [0.25, 0.3) is 6.08 Å². The highest BCUT2D eigenvalue weighted by atomic mass is 19.2. The summed E-state index contributed by atoms with van der Waals surface area (Å²) in [5.41, 5.74) is 1.77. The topological polar surface area (TPSA) is 80.2 Å². The molecule has 0 saturated heterocycles. The Morgan fingerprint density at radius 2 is 1.85 bits per heavy atom. The van der Waals surface area contributed by atoms with Crippen LogP contribution in [0.4, 0.5) is 18.9 Å². The second-order valence-electron chi connectivity index (χ2n) is 7.48. The first-order valence-electron chi connectivity index (χ1n) is 10.0. The predicted molar refractivity (Wildman–Crippen MR) is 116 cm³/mol. The number of nitrogens with zero attached hydrogens (tertiary/aromatic N) is 1. The summed E-state index contributed by atoms with van der Waals surface area (Å²) < 4.78 is 41.1. The van der Waals surface area contributed by atoms with Crippen LogP contribution < -0.4 is 16.2 Å². The maximum absolute atomic E-state index is 13.4. The Balaban J connectivity index is 1.41. The molecule has 2 amide bonds. The molecule has 2 heterocycles. The number of anilines is 1. The van der Waals surface area contributed by atoms with Crippen LogP contribution in [0.15, 0.2) is 59.5 Å². The van der Waals surface area contributed by atoms with E-state index in [4.69, 9.17) is 0 Å². The van der Waals surface area contributed by atoms with Crippen LogP contribution in [0.2, 0.25) is 0 Å². The molecule has 0 aliphatic carbocycles. The molecule has 0 bridgehead atoms. The molecule has 9 heteroatoms. The molecule has 0 unspecified atom stereocenters. The van der Waals surface area contributed by atoms with Gasteiger partial charge in [0.25, 0.3) is 11.5 Å². The number of rotatable bonds is 6. The van der Waals surface area contributed by atoms with Crippen molar-refractivity contribution in [2.75, 3.05) is 11.9 Å². The lowest BCUT2D eigenvalue weighted by Crippen LogP contribution is -2.33. The average molecular weight is 453 g/mol. The molecular weight excluding hydrogens is 435 g/mol. The van der Waals surface area contributed by atoms with E-state index in [0.717, 1.165) is 33.5 Å². The van der Waals surface area contributed by atoms with Gasteiger partial charge in [0.15, 0.2) is 17.5 Å². The lowest BCUT2D eigenvalue weighted by atomic mass is 10.1. The minimum atomic E-state index is -1.59. The van der Waals surface area contributed by atoms with Crippen molar-refractivity contribution in [3.05, 3.63) is 105 Å². The summed E-state index contributed by atoms with van der Waals surface area (Å²) in [5, 5.41) is 5.37. The molecule has 2 N–H and O–H groups in total. The SMILES string of the molecule is O=C1Cc2ccc(/C=C/CNC(=O)c3cccn(Cc4cc(F)c(F)c(F)c4)c3=O)cc2N1. The molecule has 3 aromatic rings. The van der Waals surface area contributed by atoms with Crippen LogP contribution in [0, 0.1) is 17.5 Å². The maximum atomic E-state index is 13.4.